The molecule has 0 aliphatic rings. The molecule has 18 heavy (non-hydrogen) atoms. The van der Waals surface area contributed by atoms with Gasteiger partial charge in [0.15, 0.2) is 0 Å². The molecule has 100 valence electrons. The van der Waals surface area contributed by atoms with Crippen molar-refractivity contribution in [2.24, 2.45) is 0 Å². The smallest absolute Gasteiger partial charge is 0.423 e. The lowest BCUT2D eigenvalue weighted by Gasteiger charge is -2.23. The van der Waals surface area contributed by atoms with Gasteiger partial charge >= 0.3 is 7.12 Å². The van der Waals surface area contributed by atoms with Crippen molar-refractivity contribution >= 4 is 18.3 Å². The summed E-state index contributed by atoms with van der Waals surface area (Å²) in [6.07, 6.45) is 0. The van der Waals surface area contributed by atoms with Crippen molar-refractivity contribution in [3.8, 4) is 0 Å². The maximum atomic E-state index is 8.98. The number of rotatable bonds is 5. The van der Waals surface area contributed by atoms with Gasteiger partial charge in [-0.05, 0) is 24.9 Å². The number of nitrogens with zero attached hydrogens (tertiary/aromatic N) is 1. The highest BCUT2D eigenvalue weighted by Gasteiger charge is 2.11. The van der Waals surface area contributed by atoms with Gasteiger partial charge in [0.2, 0.25) is 0 Å². The fourth-order valence-electron chi connectivity index (χ4n) is 1.64. The van der Waals surface area contributed by atoms with Crippen molar-refractivity contribution in [2.75, 3.05) is 20.2 Å². The number of aliphatic hydroxyl groups is 1. The summed E-state index contributed by atoms with van der Waals surface area (Å²) >= 11 is 0. The molecule has 0 unspecified atom stereocenters. The summed E-state index contributed by atoms with van der Waals surface area (Å²) in [5, 5.41) is 25.0. The second-order valence-electron chi connectivity index (χ2n) is 3.61. The summed E-state index contributed by atoms with van der Waals surface area (Å²) < 4.78 is 0. The Morgan fingerprint density at radius 3 is 1.89 bits per heavy atom. The highest BCUT2D eigenvalue weighted by Crippen LogP contribution is 2.15. The molecular weight excluding hydrogens is 229 g/mol. The summed E-state index contributed by atoms with van der Waals surface area (Å²) in [6.45, 7) is 10.0. The van der Waals surface area contributed by atoms with E-state index in [4.69, 9.17) is 15.2 Å². The molecule has 3 N–H and O–H groups in total. The van der Waals surface area contributed by atoms with E-state index in [0.717, 1.165) is 31.5 Å². The van der Waals surface area contributed by atoms with Crippen LogP contribution in [0, 0.1) is 0 Å². The van der Waals surface area contributed by atoms with Gasteiger partial charge in [-0.3, -0.25) is 0 Å². The van der Waals surface area contributed by atoms with Gasteiger partial charge in [0.1, 0.15) is 0 Å². The third kappa shape index (κ3) is 4.53. The Balaban J connectivity index is 0.00000137. The average molecular weight is 251 g/mol. The molecule has 1 aromatic rings. The topological polar surface area (TPSA) is 63.9 Å². The van der Waals surface area contributed by atoms with Crippen LogP contribution in [0.25, 0.3) is 5.70 Å². The molecular formula is C13H22BNO3. The minimum absolute atomic E-state index is 0.496. The van der Waals surface area contributed by atoms with Gasteiger partial charge in [-0.15, -0.1) is 0 Å². The second kappa shape index (κ2) is 8.75. The Kier molecular flexibility index (Phi) is 8.12. The van der Waals surface area contributed by atoms with E-state index < -0.39 is 7.12 Å². The van der Waals surface area contributed by atoms with Gasteiger partial charge in [0.05, 0.1) is 0 Å². The minimum Gasteiger partial charge on any atom is -0.423 e. The first-order valence-electron chi connectivity index (χ1n) is 5.95. The van der Waals surface area contributed by atoms with Crippen LogP contribution in [0.5, 0.6) is 0 Å². The summed E-state index contributed by atoms with van der Waals surface area (Å²) in [6, 6.07) is 7.12. The monoisotopic (exact) mass is 251 g/mol. The summed E-state index contributed by atoms with van der Waals surface area (Å²) in [5.74, 6) is 0. The fraction of sp³-hybridized carbons (Fsp3) is 0.385. The lowest BCUT2D eigenvalue weighted by molar-refractivity contribution is 0.399. The van der Waals surface area contributed by atoms with Crippen LogP contribution in [0.15, 0.2) is 30.8 Å². The summed E-state index contributed by atoms with van der Waals surface area (Å²) in [7, 11) is -0.407. The van der Waals surface area contributed by atoms with Gasteiger partial charge in [0, 0.05) is 25.9 Å². The summed E-state index contributed by atoms with van der Waals surface area (Å²) in [5.41, 5.74) is 2.47. The molecule has 0 saturated heterocycles. The molecule has 0 aromatic heterocycles. The van der Waals surface area contributed by atoms with E-state index in [0.29, 0.717) is 5.46 Å². The molecule has 0 radical (unpaired) electrons. The number of hydrogen-bond acceptors (Lipinski definition) is 4. The van der Waals surface area contributed by atoms with Gasteiger partial charge in [0.25, 0.3) is 0 Å². The zero-order valence-corrected chi connectivity index (χ0v) is 11.3. The summed E-state index contributed by atoms with van der Waals surface area (Å²) in [4.78, 5) is 2.16. The molecule has 0 saturated carbocycles. The Hall–Kier alpha value is -1.30. The molecule has 0 aliphatic heterocycles. The molecule has 0 amide bonds. The van der Waals surface area contributed by atoms with E-state index in [1.165, 1.54) is 0 Å². The molecule has 0 spiro atoms. The molecule has 4 nitrogen and oxygen atoms in total. The minimum atomic E-state index is -1.41. The van der Waals surface area contributed by atoms with Crippen LogP contribution in [0.1, 0.15) is 19.4 Å². The molecule has 0 bridgehead atoms. The number of hydrogen-bond donors (Lipinski definition) is 3. The molecule has 0 aliphatic carbocycles. The fourth-order valence-corrected chi connectivity index (χ4v) is 1.64. The molecule has 5 heteroatoms. The quantitative estimate of drug-likeness (QED) is 0.658. The van der Waals surface area contributed by atoms with E-state index in [1.807, 2.05) is 12.1 Å². The third-order valence-electron chi connectivity index (χ3n) is 2.69. The number of benzene rings is 1. The van der Waals surface area contributed by atoms with Crippen molar-refractivity contribution in [3.05, 3.63) is 36.4 Å². The van der Waals surface area contributed by atoms with Gasteiger partial charge < -0.3 is 20.1 Å². The standard InChI is InChI=1S/C12H18BNO2.CH4O/c1-4-14(5-2)10(3)11-6-8-12(9-7-11)13(15)16;1-2/h6-9,15-16H,3-5H2,1-2H3;2H,1H3. The van der Waals surface area contributed by atoms with Crippen LogP contribution in [-0.4, -0.2) is 47.4 Å². The molecule has 0 fully saturated rings. The van der Waals surface area contributed by atoms with Crippen molar-refractivity contribution in [2.45, 2.75) is 13.8 Å². The SMILES string of the molecule is C=C(c1ccc(B(O)O)cc1)N(CC)CC.CO. The maximum Gasteiger partial charge on any atom is 0.488 e. The Bertz CT molecular complexity index is 348. The lowest BCUT2D eigenvalue weighted by Crippen LogP contribution is -2.29. The first-order valence-corrected chi connectivity index (χ1v) is 5.95. The molecule has 1 aromatic carbocycles. The lowest BCUT2D eigenvalue weighted by atomic mass is 9.80. The Morgan fingerprint density at radius 1 is 1.11 bits per heavy atom. The predicted molar refractivity (Wildman–Crippen MR) is 76.4 cm³/mol. The van der Waals surface area contributed by atoms with E-state index in [-0.39, 0.29) is 0 Å². The van der Waals surface area contributed by atoms with E-state index in [2.05, 4.69) is 25.3 Å². The van der Waals surface area contributed by atoms with Crippen LogP contribution >= 0.6 is 0 Å². The molecule has 1 rings (SSSR count). The first-order chi connectivity index (χ1) is 8.60. The maximum absolute atomic E-state index is 8.98. The van der Waals surface area contributed by atoms with Crippen molar-refractivity contribution in [3.63, 3.8) is 0 Å². The average Bonchev–Trinajstić information content (AvgIpc) is 2.42. The van der Waals surface area contributed by atoms with Crippen LogP contribution in [-0.2, 0) is 0 Å². The zero-order chi connectivity index (χ0) is 14.1. The van der Waals surface area contributed by atoms with Crippen LogP contribution in [0.4, 0.5) is 0 Å². The van der Waals surface area contributed by atoms with E-state index in [9.17, 15) is 0 Å². The Labute approximate surface area is 109 Å². The highest BCUT2D eigenvalue weighted by atomic mass is 16.4. The molecule has 0 heterocycles. The van der Waals surface area contributed by atoms with Gasteiger partial charge in [-0.1, -0.05) is 30.8 Å². The van der Waals surface area contributed by atoms with Gasteiger partial charge in [-0.25, -0.2) is 0 Å². The zero-order valence-electron chi connectivity index (χ0n) is 11.3. The largest absolute Gasteiger partial charge is 0.488 e. The normalized spacial score (nSPS) is 9.22. The van der Waals surface area contributed by atoms with Crippen LogP contribution in [0.3, 0.4) is 0 Å². The van der Waals surface area contributed by atoms with Crippen molar-refractivity contribution < 1.29 is 15.2 Å². The van der Waals surface area contributed by atoms with Crippen LogP contribution in [0.2, 0.25) is 0 Å². The number of aliphatic hydroxyl groups excluding tert-OH is 1. The van der Waals surface area contributed by atoms with Crippen molar-refractivity contribution in [1.82, 2.24) is 4.90 Å². The van der Waals surface area contributed by atoms with E-state index >= 15 is 0 Å². The van der Waals surface area contributed by atoms with Crippen molar-refractivity contribution in [1.29, 1.82) is 0 Å². The van der Waals surface area contributed by atoms with Gasteiger partial charge in [-0.2, -0.15) is 0 Å². The predicted octanol–water partition coefficient (Wildman–Crippen LogP) is 0.287. The highest BCUT2D eigenvalue weighted by molar-refractivity contribution is 6.58. The third-order valence-corrected chi connectivity index (χ3v) is 2.69. The molecule has 0 atom stereocenters. The van der Waals surface area contributed by atoms with E-state index in [1.54, 1.807) is 12.1 Å². The first kappa shape index (κ1) is 16.7. The second-order valence-corrected chi connectivity index (χ2v) is 3.61. The van der Waals surface area contributed by atoms with Crippen LogP contribution < -0.4 is 5.46 Å². The Morgan fingerprint density at radius 2 is 1.56 bits per heavy atom.